The molecule has 3 N–H and O–H groups in total. The molecule has 1 amide bonds. The second kappa shape index (κ2) is 6.53. The Labute approximate surface area is 111 Å². The number of rotatable bonds is 6. The van der Waals surface area contributed by atoms with E-state index in [1.807, 2.05) is 6.92 Å². The summed E-state index contributed by atoms with van der Waals surface area (Å²) in [4.78, 5) is 12.4. The average Bonchev–Trinajstić information content (AvgIpc) is 2.37. The van der Waals surface area contributed by atoms with Crippen LogP contribution in [-0.4, -0.2) is 36.2 Å². The van der Waals surface area contributed by atoms with Gasteiger partial charge in [0.25, 0.3) is 0 Å². The van der Waals surface area contributed by atoms with Crippen molar-refractivity contribution in [3.8, 4) is 0 Å². The SMILES string of the molecule is CCCC1(C(=O)NCC(C)(O)CC)CCCNC1. The van der Waals surface area contributed by atoms with Gasteiger partial charge in [0.05, 0.1) is 11.0 Å². The number of aliphatic hydroxyl groups is 1. The van der Waals surface area contributed by atoms with Gasteiger partial charge in [-0.2, -0.15) is 0 Å². The molecule has 4 nitrogen and oxygen atoms in total. The highest BCUT2D eigenvalue weighted by Crippen LogP contribution is 2.32. The standard InChI is InChI=1S/C14H28N2O2/c1-4-7-14(8-6-9-15-11-14)12(17)16-10-13(3,18)5-2/h15,18H,4-11H2,1-3H3,(H,16,17). The molecule has 0 aromatic rings. The predicted molar refractivity (Wildman–Crippen MR) is 73.4 cm³/mol. The summed E-state index contributed by atoms with van der Waals surface area (Å²) in [5, 5.41) is 16.2. The zero-order chi connectivity index (χ0) is 13.6. The second-order valence-electron chi connectivity index (χ2n) is 5.84. The van der Waals surface area contributed by atoms with Crippen molar-refractivity contribution >= 4 is 5.91 Å². The molecule has 0 saturated carbocycles. The third-order valence-electron chi connectivity index (χ3n) is 4.07. The van der Waals surface area contributed by atoms with Gasteiger partial charge in [-0.15, -0.1) is 0 Å². The number of piperidine rings is 1. The molecule has 0 radical (unpaired) electrons. The van der Waals surface area contributed by atoms with Gasteiger partial charge in [-0.25, -0.2) is 0 Å². The number of carbonyl (C=O) groups excluding carboxylic acids is 1. The molecule has 1 saturated heterocycles. The third-order valence-corrected chi connectivity index (χ3v) is 4.07. The maximum Gasteiger partial charge on any atom is 0.227 e. The molecule has 2 atom stereocenters. The van der Waals surface area contributed by atoms with Crippen LogP contribution < -0.4 is 10.6 Å². The molecule has 0 aromatic carbocycles. The predicted octanol–water partition coefficient (Wildman–Crippen LogP) is 1.43. The summed E-state index contributed by atoms with van der Waals surface area (Å²) in [6.45, 7) is 7.92. The van der Waals surface area contributed by atoms with Gasteiger partial charge >= 0.3 is 0 Å². The molecular weight excluding hydrogens is 228 g/mol. The van der Waals surface area contributed by atoms with Crippen molar-refractivity contribution in [3.63, 3.8) is 0 Å². The Hall–Kier alpha value is -0.610. The highest BCUT2D eigenvalue weighted by Gasteiger charge is 2.39. The highest BCUT2D eigenvalue weighted by molar-refractivity contribution is 5.83. The molecule has 18 heavy (non-hydrogen) atoms. The Bertz CT molecular complexity index is 265. The lowest BCUT2D eigenvalue weighted by Gasteiger charge is -2.37. The van der Waals surface area contributed by atoms with E-state index in [1.165, 1.54) is 0 Å². The van der Waals surface area contributed by atoms with Crippen molar-refractivity contribution in [2.24, 2.45) is 5.41 Å². The van der Waals surface area contributed by atoms with Gasteiger partial charge in [-0.05, 0) is 39.2 Å². The zero-order valence-corrected chi connectivity index (χ0v) is 12.0. The van der Waals surface area contributed by atoms with Crippen molar-refractivity contribution < 1.29 is 9.90 Å². The quantitative estimate of drug-likeness (QED) is 0.674. The first kappa shape index (κ1) is 15.4. The average molecular weight is 256 g/mol. The molecule has 1 aliphatic heterocycles. The molecule has 0 aliphatic carbocycles. The van der Waals surface area contributed by atoms with Crippen LogP contribution in [0.3, 0.4) is 0 Å². The van der Waals surface area contributed by atoms with E-state index in [0.29, 0.717) is 13.0 Å². The van der Waals surface area contributed by atoms with Crippen molar-refractivity contribution in [1.82, 2.24) is 10.6 Å². The van der Waals surface area contributed by atoms with Crippen LogP contribution in [0.2, 0.25) is 0 Å². The van der Waals surface area contributed by atoms with Crippen LogP contribution in [0.5, 0.6) is 0 Å². The van der Waals surface area contributed by atoms with Gasteiger partial charge in [0.15, 0.2) is 0 Å². The molecule has 2 unspecified atom stereocenters. The van der Waals surface area contributed by atoms with E-state index in [-0.39, 0.29) is 11.3 Å². The Morgan fingerprint density at radius 3 is 2.72 bits per heavy atom. The number of carbonyl (C=O) groups is 1. The summed E-state index contributed by atoms with van der Waals surface area (Å²) in [7, 11) is 0. The van der Waals surface area contributed by atoms with Crippen LogP contribution in [-0.2, 0) is 4.79 Å². The minimum atomic E-state index is -0.800. The summed E-state index contributed by atoms with van der Waals surface area (Å²) in [6.07, 6.45) is 4.58. The lowest BCUT2D eigenvalue weighted by molar-refractivity contribution is -0.133. The van der Waals surface area contributed by atoms with Crippen LogP contribution in [0, 0.1) is 5.41 Å². The highest BCUT2D eigenvalue weighted by atomic mass is 16.3. The molecule has 1 heterocycles. The maximum atomic E-state index is 12.4. The molecule has 1 aliphatic rings. The molecular formula is C14H28N2O2. The fourth-order valence-corrected chi connectivity index (χ4v) is 2.55. The van der Waals surface area contributed by atoms with Gasteiger partial charge in [0.2, 0.25) is 5.91 Å². The van der Waals surface area contributed by atoms with Crippen LogP contribution in [0.15, 0.2) is 0 Å². The van der Waals surface area contributed by atoms with E-state index in [4.69, 9.17) is 0 Å². The number of nitrogens with one attached hydrogen (secondary N) is 2. The molecule has 106 valence electrons. The normalized spacial score (nSPS) is 27.6. The summed E-state index contributed by atoms with van der Waals surface area (Å²) in [6, 6.07) is 0. The molecule has 0 spiro atoms. The minimum Gasteiger partial charge on any atom is -0.388 e. The number of hydrogen-bond acceptors (Lipinski definition) is 3. The molecule has 1 fully saturated rings. The topological polar surface area (TPSA) is 61.4 Å². The first-order chi connectivity index (χ1) is 8.46. The fourth-order valence-electron chi connectivity index (χ4n) is 2.55. The molecule has 4 heteroatoms. The number of amides is 1. The summed E-state index contributed by atoms with van der Waals surface area (Å²) in [5.74, 6) is 0.102. The van der Waals surface area contributed by atoms with Crippen LogP contribution >= 0.6 is 0 Å². The van der Waals surface area contributed by atoms with Gasteiger partial charge in [-0.3, -0.25) is 4.79 Å². The van der Waals surface area contributed by atoms with Crippen LogP contribution in [0.25, 0.3) is 0 Å². The molecule has 0 aromatic heterocycles. The first-order valence-electron chi connectivity index (χ1n) is 7.17. The first-order valence-corrected chi connectivity index (χ1v) is 7.17. The van der Waals surface area contributed by atoms with Gasteiger partial charge < -0.3 is 15.7 Å². The Balaban J connectivity index is 2.60. The van der Waals surface area contributed by atoms with Crippen molar-refractivity contribution in [2.75, 3.05) is 19.6 Å². The third kappa shape index (κ3) is 3.95. The van der Waals surface area contributed by atoms with E-state index in [0.717, 1.165) is 38.8 Å². The minimum absolute atomic E-state index is 0.102. The fraction of sp³-hybridized carbons (Fsp3) is 0.929. The largest absolute Gasteiger partial charge is 0.388 e. The smallest absolute Gasteiger partial charge is 0.227 e. The van der Waals surface area contributed by atoms with E-state index < -0.39 is 5.60 Å². The van der Waals surface area contributed by atoms with Crippen molar-refractivity contribution in [3.05, 3.63) is 0 Å². The monoisotopic (exact) mass is 256 g/mol. The Morgan fingerprint density at radius 1 is 1.50 bits per heavy atom. The Kier molecular flexibility index (Phi) is 5.60. The van der Waals surface area contributed by atoms with Crippen molar-refractivity contribution in [1.29, 1.82) is 0 Å². The van der Waals surface area contributed by atoms with Crippen LogP contribution in [0.4, 0.5) is 0 Å². The lowest BCUT2D eigenvalue weighted by atomic mass is 9.76. The lowest BCUT2D eigenvalue weighted by Crippen LogP contribution is -2.53. The zero-order valence-electron chi connectivity index (χ0n) is 12.0. The van der Waals surface area contributed by atoms with Gasteiger partial charge in [0, 0.05) is 13.1 Å². The van der Waals surface area contributed by atoms with Crippen LogP contribution in [0.1, 0.15) is 52.9 Å². The molecule has 1 rings (SSSR count). The Morgan fingerprint density at radius 2 is 2.22 bits per heavy atom. The number of hydrogen-bond donors (Lipinski definition) is 3. The second-order valence-corrected chi connectivity index (χ2v) is 5.84. The van der Waals surface area contributed by atoms with E-state index in [9.17, 15) is 9.90 Å². The summed E-state index contributed by atoms with van der Waals surface area (Å²) >= 11 is 0. The summed E-state index contributed by atoms with van der Waals surface area (Å²) < 4.78 is 0. The van der Waals surface area contributed by atoms with Gasteiger partial charge in [0.1, 0.15) is 0 Å². The summed E-state index contributed by atoms with van der Waals surface area (Å²) in [5.41, 5.74) is -1.07. The van der Waals surface area contributed by atoms with E-state index in [2.05, 4.69) is 17.6 Å². The van der Waals surface area contributed by atoms with E-state index in [1.54, 1.807) is 6.92 Å². The molecule has 0 bridgehead atoms. The van der Waals surface area contributed by atoms with Gasteiger partial charge in [-0.1, -0.05) is 20.3 Å². The van der Waals surface area contributed by atoms with Crippen molar-refractivity contribution in [2.45, 2.75) is 58.5 Å². The van der Waals surface area contributed by atoms with E-state index >= 15 is 0 Å². The maximum absolute atomic E-state index is 12.4.